The summed E-state index contributed by atoms with van der Waals surface area (Å²) in [4.78, 5) is 14.1. The molecule has 2 aliphatic rings. The number of aliphatic hydroxyl groups is 1. The van der Waals surface area contributed by atoms with E-state index < -0.39 is 0 Å². The first-order valence-corrected chi connectivity index (χ1v) is 5.99. The Morgan fingerprint density at radius 2 is 2.24 bits per heavy atom. The van der Waals surface area contributed by atoms with Crippen molar-refractivity contribution in [2.45, 2.75) is 25.1 Å². The van der Waals surface area contributed by atoms with Gasteiger partial charge in [-0.2, -0.15) is 0 Å². The zero-order chi connectivity index (χ0) is 12.4. The maximum Gasteiger partial charge on any atom is 0.230 e. The maximum absolute atomic E-state index is 12.3. The van der Waals surface area contributed by atoms with E-state index in [1.807, 2.05) is 6.92 Å². The van der Waals surface area contributed by atoms with Gasteiger partial charge in [0.05, 0.1) is 44.5 Å². The zero-order valence-corrected chi connectivity index (χ0v) is 10.0. The quantitative estimate of drug-likeness (QED) is 0.622. The van der Waals surface area contributed by atoms with E-state index >= 15 is 0 Å². The Balaban J connectivity index is 2.01. The van der Waals surface area contributed by atoms with Crippen LogP contribution in [-0.2, 0) is 14.3 Å². The molecule has 0 aromatic heterocycles. The molecule has 0 spiro atoms. The summed E-state index contributed by atoms with van der Waals surface area (Å²) in [6.07, 6.45) is -0.284. The van der Waals surface area contributed by atoms with Crippen LogP contribution in [0.15, 0.2) is 0 Å². The van der Waals surface area contributed by atoms with Gasteiger partial charge in [0.15, 0.2) is 0 Å². The number of carbonyl (C=O) groups is 1. The van der Waals surface area contributed by atoms with Gasteiger partial charge in [-0.05, 0) is 6.92 Å². The van der Waals surface area contributed by atoms with Gasteiger partial charge in [0.25, 0.3) is 0 Å². The highest BCUT2D eigenvalue weighted by molar-refractivity contribution is 5.80. The van der Waals surface area contributed by atoms with Gasteiger partial charge >= 0.3 is 0 Å². The Morgan fingerprint density at radius 3 is 2.82 bits per heavy atom. The molecular weight excluding hydrogens is 224 g/mol. The number of ether oxygens (including phenoxy) is 2. The summed E-state index contributed by atoms with van der Waals surface area (Å²) in [5.41, 5.74) is 5.85. The topological polar surface area (TPSA) is 85.0 Å². The van der Waals surface area contributed by atoms with Crippen LogP contribution in [0.25, 0.3) is 0 Å². The molecule has 3 N–H and O–H groups in total. The molecule has 0 radical (unpaired) electrons. The molecule has 17 heavy (non-hydrogen) atoms. The number of hydrogen-bond donors (Lipinski definition) is 2. The minimum atomic E-state index is -0.284. The van der Waals surface area contributed by atoms with E-state index in [0.717, 1.165) is 0 Å². The molecule has 0 aliphatic carbocycles. The summed E-state index contributed by atoms with van der Waals surface area (Å²) in [5.74, 6) is -0.237. The first-order valence-electron chi connectivity index (χ1n) is 5.99. The third kappa shape index (κ3) is 2.60. The monoisotopic (exact) mass is 244 g/mol. The molecule has 4 unspecified atom stereocenters. The fourth-order valence-electron chi connectivity index (χ4n) is 2.27. The van der Waals surface area contributed by atoms with E-state index in [1.54, 1.807) is 4.90 Å². The van der Waals surface area contributed by atoms with Crippen LogP contribution in [0.2, 0.25) is 0 Å². The van der Waals surface area contributed by atoms with Crippen molar-refractivity contribution in [1.82, 2.24) is 4.90 Å². The van der Waals surface area contributed by atoms with E-state index in [9.17, 15) is 4.79 Å². The van der Waals surface area contributed by atoms with Gasteiger partial charge in [0.2, 0.25) is 5.91 Å². The molecule has 2 heterocycles. The lowest BCUT2D eigenvalue weighted by Gasteiger charge is -2.39. The normalized spacial score (nSPS) is 38.4. The predicted molar refractivity (Wildman–Crippen MR) is 60.3 cm³/mol. The highest BCUT2D eigenvalue weighted by Gasteiger charge is 2.38. The van der Waals surface area contributed by atoms with Crippen LogP contribution in [0.3, 0.4) is 0 Å². The van der Waals surface area contributed by atoms with Crippen LogP contribution in [0.1, 0.15) is 6.92 Å². The number of morpholine rings is 1. The van der Waals surface area contributed by atoms with Gasteiger partial charge < -0.3 is 25.2 Å². The van der Waals surface area contributed by atoms with E-state index in [-0.39, 0.29) is 36.6 Å². The van der Waals surface area contributed by atoms with Gasteiger partial charge in [-0.3, -0.25) is 4.79 Å². The van der Waals surface area contributed by atoms with Gasteiger partial charge in [-0.1, -0.05) is 0 Å². The molecule has 1 amide bonds. The minimum absolute atomic E-state index is 0.0178. The predicted octanol–water partition coefficient (Wildman–Crippen LogP) is -1.43. The SMILES string of the molecule is CC1COC(CO)CN1C(=O)C1COCC1N. The van der Waals surface area contributed by atoms with Crippen molar-refractivity contribution in [3.63, 3.8) is 0 Å². The third-order valence-corrected chi connectivity index (χ3v) is 3.43. The minimum Gasteiger partial charge on any atom is -0.394 e. The average molecular weight is 244 g/mol. The molecule has 4 atom stereocenters. The van der Waals surface area contributed by atoms with Crippen molar-refractivity contribution in [3.8, 4) is 0 Å². The van der Waals surface area contributed by atoms with Crippen LogP contribution in [-0.4, -0.2) is 67.1 Å². The van der Waals surface area contributed by atoms with Crippen molar-refractivity contribution >= 4 is 5.91 Å². The van der Waals surface area contributed by atoms with Crippen LogP contribution < -0.4 is 5.73 Å². The van der Waals surface area contributed by atoms with Gasteiger partial charge in [-0.15, -0.1) is 0 Å². The van der Waals surface area contributed by atoms with Crippen molar-refractivity contribution < 1.29 is 19.4 Å². The molecule has 6 heteroatoms. The summed E-state index contributed by atoms with van der Waals surface area (Å²) in [7, 11) is 0. The Morgan fingerprint density at radius 1 is 1.47 bits per heavy atom. The number of nitrogens with zero attached hydrogens (tertiary/aromatic N) is 1. The lowest BCUT2D eigenvalue weighted by atomic mass is 10.0. The number of rotatable bonds is 2. The van der Waals surface area contributed by atoms with Gasteiger partial charge in [0.1, 0.15) is 0 Å². The second-order valence-electron chi connectivity index (χ2n) is 4.79. The summed E-state index contributed by atoms with van der Waals surface area (Å²) in [5, 5.41) is 9.08. The fourth-order valence-corrected chi connectivity index (χ4v) is 2.27. The lowest BCUT2D eigenvalue weighted by Crippen LogP contribution is -2.55. The first kappa shape index (κ1) is 12.8. The fraction of sp³-hybridized carbons (Fsp3) is 0.909. The number of aliphatic hydroxyl groups excluding tert-OH is 1. The Hall–Kier alpha value is -0.690. The lowest BCUT2D eigenvalue weighted by molar-refractivity contribution is -0.150. The summed E-state index contributed by atoms with van der Waals surface area (Å²) in [6.45, 7) is 3.60. The van der Waals surface area contributed by atoms with E-state index in [2.05, 4.69) is 0 Å². The maximum atomic E-state index is 12.3. The molecule has 6 nitrogen and oxygen atoms in total. The molecule has 2 saturated heterocycles. The van der Waals surface area contributed by atoms with Crippen LogP contribution in [0.4, 0.5) is 0 Å². The highest BCUT2D eigenvalue weighted by Crippen LogP contribution is 2.19. The van der Waals surface area contributed by atoms with Crippen molar-refractivity contribution in [1.29, 1.82) is 0 Å². The molecule has 2 rings (SSSR count). The van der Waals surface area contributed by atoms with Crippen molar-refractivity contribution in [2.24, 2.45) is 11.7 Å². The van der Waals surface area contributed by atoms with Crippen molar-refractivity contribution in [3.05, 3.63) is 0 Å². The summed E-state index contributed by atoms with van der Waals surface area (Å²) < 4.78 is 10.6. The van der Waals surface area contributed by atoms with E-state index in [4.69, 9.17) is 20.3 Å². The average Bonchev–Trinajstić information content (AvgIpc) is 2.75. The zero-order valence-electron chi connectivity index (χ0n) is 10.0. The molecule has 0 aromatic carbocycles. The second-order valence-corrected chi connectivity index (χ2v) is 4.79. The summed E-state index contributed by atoms with van der Waals surface area (Å²) in [6, 6.07) is -0.191. The number of amides is 1. The smallest absolute Gasteiger partial charge is 0.230 e. The first-order chi connectivity index (χ1) is 8.13. The van der Waals surface area contributed by atoms with Crippen LogP contribution in [0, 0.1) is 5.92 Å². The van der Waals surface area contributed by atoms with E-state index in [0.29, 0.717) is 26.4 Å². The van der Waals surface area contributed by atoms with E-state index in [1.165, 1.54) is 0 Å². The Bertz CT molecular complexity index is 287. The molecule has 98 valence electrons. The number of hydrogen-bond acceptors (Lipinski definition) is 5. The van der Waals surface area contributed by atoms with Crippen LogP contribution >= 0.6 is 0 Å². The standard InChI is InChI=1S/C11H20N2O4/c1-7-4-17-8(3-14)2-13(7)11(15)9-5-16-6-10(9)12/h7-10,14H,2-6,12H2,1H3. The van der Waals surface area contributed by atoms with Crippen molar-refractivity contribution in [2.75, 3.05) is 33.0 Å². The number of carbonyl (C=O) groups excluding carboxylic acids is 1. The summed E-state index contributed by atoms with van der Waals surface area (Å²) >= 11 is 0. The van der Waals surface area contributed by atoms with Gasteiger partial charge in [0, 0.05) is 12.6 Å². The molecule has 0 saturated carbocycles. The molecular formula is C11H20N2O4. The largest absolute Gasteiger partial charge is 0.394 e. The highest BCUT2D eigenvalue weighted by atomic mass is 16.5. The molecule has 2 aliphatic heterocycles. The Kier molecular flexibility index (Phi) is 3.98. The Labute approximate surface area is 101 Å². The second kappa shape index (κ2) is 5.30. The molecule has 0 aromatic rings. The van der Waals surface area contributed by atoms with Gasteiger partial charge in [-0.25, -0.2) is 0 Å². The molecule has 0 bridgehead atoms. The third-order valence-electron chi connectivity index (χ3n) is 3.43. The molecule has 2 fully saturated rings. The van der Waals surface area contributed by atoms with Crippen LogP contribution in [0.5, 0.6) is 0 Å². The number of nitrogens with two attached hydrogens (primary N) is 1.